The summed E-state index contributed by atoms with van der Waals surface area (Å²) in [4.78, 5) is 2.32. The van der Waals surface area contributed by atoms with E-state index in [0.717, 1.165) is 36.7 Å². The number of para-hydroxylation sites is 1. The summed E-state index contributed by atoms with van der Waals surface area (Å²) in [6, 6.07) is 17.5. The maximum atomic E-state index is 5.84. The minimum absolute atomic E-state index is 0.359. The molecule has 1 atom stereocenters. The van der Waals surface area contributed by atoms with Gasteiger partial charge in [-0.3, -0.25) is 0 Å². The molecule has 0 saturated heterocycles. The van der Waals surface area contributed by atoms with E-state index in [1.165, 1.54) is 22.0 Å². The molecule has 0 radical (unpaired) electrons. The van der Waals surface area contributed by atoms with Gasteiger partial charge in [0.15, 0.2) is 5.11 Å². The summed E-state index contributed by atoms with van der Waals surface area (Å²) in [6.07, 6.45) is 4.34. The Balaban J connectivity index is 1.87. The highest BCUT2D eigenvalue weighted by Gasteiger charge is 2.19. The quantitative estimate of drug-likeness (QED) is 0.481. The number of aryl methyl sites for hydroxylation is 2. The zero-order valence-electron chi connectivity index (χ0n) is 17.4. The lowest BCUT2D eigenvalue weighted by Crippen LogP contribution is -2.40. The number of fused-ring (bicyclic) bond motifs is 1. The van der Waals surface area contributed by atoms with E-state index in [-0.39, 0.29) is 0 Å². The van der Waals surface area contributed by atoms with E-state index in [9.17, 15) is 0 Å². The molecule has 0 amide bonds. The van der Waals surface area contributed by atoms with Gasteiger partial charge in [0.2, 0.25) is 0 Å². The molecule has 3 rings (SSSR count). The van der Waals surface area contributed by atoms with Crippen LogP contribution in [0.2, 0.25) is 0 Å². The fourth-order valence-corrected chi connectivity index (χ4v) is 3.97. The Kier molecular flexibility index (Phi) is 6.74. The Morgan fingerprint density at radius 3 is 2.61 bits per heavy atom. The number of hydrogen-bond acceptors (Lipinski definition) is 1. The zero-order chi connectivity index (χ0) is 20.1. The normalized spacial score (nSPS) is 12.1. The van der Waals surface area contributed by atoms with E-state index in [1.54, 1.807) is 0 Å². The predicted molar refractivity (Wildman–Crippen MR) is 125 cm³/mol. The maximum absolute atomic E-state index is 5.84. The largest absolute Gasteiger partial charge is 0.347 e. The Morgan fingerprint density at radius 2 is 1.89 bits per heavy atom. The first-order valence-corrected chi connectivity index (χ1v) is 10.7. The van der Waals surface area contributed by atoms with Crippen LogP contribution in [0.4, 0.5) is 5.69 Å². The number of nitrogens with zero attached hydrogens (tertiary/aromatic N) is 2. The third-order valence-electron chi connectivity index (χ3n) is 5.52. The summed E-state index contributed by atoms with van der Waals surface area (Å²) in [5.41, 5.74) is 4.99. The van der Waals surface area contributed by atoms with E-state index < -0.39 is 0 Å². The smallest absolute Gasteiger partial charge is 0.173 e. The lowest BCUT2D eigenvalue weighted by Gasteiger charge is -2.31. The van der Waals surface area contributed by atoms with Crippen LogP contribution < -0.4 is 5.32 Å². The van der Waals surface area contributed by atoms with Crippen LogP contribution in [0.15, 0.2) is 54.7 Å². The minimum atomic E-state index is 0.359. The summed E-state index contributed by atoms with van der Waals surface area (Å²) in [6.45, 7) is 10.6. The van der Waals surface area contributed by atoms with Crippen LogP contribution >= 0.6 is 12.2 Å². The summed E-state index contributed by atoms with van der Waals surface area (Å²) in [5.74, 6) is 0. The molecule has 0 saturated carbocycles. The van der Waals surface area contributed by atoms with Crippen molar-refractivity contribution in [3.63, 3.8) is 0 Å². The second-order valence-electron chi connectivity index (χ2n) is 7.33. The van der Waals surface area contributed by atoms with Gasteiger partial charge in [-0.2, -0.15) is 0 Å². The van der Waals surface area contributed by atoms with Gasteiger partial charge < -0.3 is 14.8 Å². The number of benzene rings is 2. The van der Waals surface area contributed by atoms with Gasteiger partial charge in [-0.15, -0.1) is 0 Å². The van der Waals surface area contributed by atoms with Crippen LogP contribution in [0.5, 0.6) is 0 Å². The van der Waals surface area contributed by atoms with E-state index >= 15 is 0 Å². The zero-order valence-corrected chi connectivity index (χ0v) is 18.2. The molecule has 0 aliphatic heterocycles. The van der Waals surface area contributed by atoms with Crippen molar-refractivity contribution in [2.75, 3.05) is 5.32 Å². The average molecular weight is 394 g/mol. The van der Waals surface area contributed by atoms with Crippen LogP contribution in [0, 0.1) is 0 Å². The van der Waals surface area contributed by atoms with Gasteiger partial charge in [0.05, 0.1) is 0 Å². The standard InChI is InChI=1S/C24H31N3S/c1-5-18(4)27(24(28)25-21-12-10-11-19(6-2)15-21)17-20-16-26(7-3)23-14-9-8-13-22(20)23/h8-16,18H,5-7,17H2,1-4H3,(H,25,28)/t18-/m0/s1. The van der Waals surface area contributed by atoms with Gasteiger partial charge in [0.1, 0.15) is 0 Å². The first kappa shape index (κ1) is 20.4. The highest BCUT2D eigenvalue weighted by atomic mass is 32.1. The molecule has 1 aromatic heterocycles. The second-order valence-corrected chi connectivity index (χ2v) is 7.71. The monoisotopic (exact) mass is 393 g/mol. The molecule has 0 unspecified atom stereocenters. The maximum Gasteiger partial charge on any atom is 0.173 e. The number of thiocarbonyl (C=S) groups is 1. The van der Waals surface area contributed by atoms with Crippen molar-refractivity contribution < 1.29 is 0 Å². The highest BCUT2D eigenvalue weighted by Crippen LogP contribution is 2.24. The van der Waals surface area contributed by atoms with Crippen molar-refractivity contribution in [3.8, 4) is 0 Å². The number of nitrogens with one attached hydrogen (secondary N) is 1. The van der Waals surface area contributed by atoms with Crippen molar-refractivity contribution in [1.82, 2.24) is 9.47 Å². The molecule has 0 aliphatic rings. The molecule has 4 heteroatoms. The predicted octanol–water partition coefficient (Wildman–Crippen LogP) is 6.22. The summed E-state index contributed by atoms with van der Waals surface area (Å²) in [7, 11) is 0. The van der Waals surface area contributed by atoms with Gasteiger partial charge in [-0.1, -0.05) is 44.2 Å². The Hall–Kier alpha value is -2.33. The molecular formula is C24H31N3S. The van der Waals surface area contributed by atoms with E-state index in [4.69, 9.17) is 12.2 Å². The first-order chi connectivity index (χ1) is 13.6. The topological polar surface area (TPSA) is 20.2 Å². The number of aromatic nitrogens is 1. The van der Waals surface area contributed by atoms with Gasteiger partial charge in [-0.25, -0.2) is 0 Å². The molecule has 28 heavy (non-hydrogen) atoms. The van der Waals surface area contributed by atoms with E-state index in [2.05, 4.69) is 97.2 Å². The lowest BCUT2D eigenvalue weighted by atomic mass is 10.1. The van der Waals surface area contributed by atoms with Gasteiger partial charge in [0.25, 0.3) is 0 Å². The van der Waals surface area contributed by atoms with Gasteiger partial charge in [-0.05, 0) is 68.2 Å². The Labute approximate surface area is 174 Å². The first-order valence-electron chi connectivity index (χ1n) is 10.3. The van der Waals surface area contributed by atoms with Crippen LogP contribution in [0.1, 0.15) is 45.2 Å². The molecule has 3 aromatic rings. The van der Waals surface area contributed by atoms with Crippen molar-refractivity contribution >= 4 is 33.9 Å². The lowest BCUT2D eigenvalue weighted by molar-refractivity contribution is 0.320. The fraction of sp³-hybridized carbons (Fsp3) is 0.375. The third kappa shape index (κ3) is 4.39. The SMILES string of the molecule is CCc1cccc(NC(=S)N(Cc2cn(CC)c3ccccc23)[C@@H](C)CC)c1. The number of anilines is 1. The van der Waals surface area contributed by atoms with E-state index in [0.29, 0.717) is 6.04 Å². The van der Waals surface area contributed by atoms with Crippen molar-refractivity contribution in [2.24, 2.45) is 0 Å². The summed E-state index contributed by atoms with van der Waals surface area (Å²) in [5, 5.41) is 5.57. The molecule has 1 heterocycles. The van der Waals surface area contributed by atoms with Crippen LogP contribution in [0.25, 0.3) is 10.9 Å². The van der Waals surface area contributed by atoms with E-state index in [1.807, 2.05) is 0 Å². The van der Waals surface area contributed by atoms with Crippen LogP contribution in [-0.4, -0.2) is 20.6 Å². The molecule has 1 N–H and O–H groups in total. The molecule has 0 bridgehead atoms. The molecule has 148 valence electrons. The fourth-order valence-electron chi connectivity index (χ4n) is 3.61. The molecule has 0 fully saturated rings. The second kappa shape index (κ2) is 9.24. The number of hydrogen-bond donors (Lipinski definition) is 1. The molecule has 3 nitrogen and oxygen atoms in total. The number of rotatable bonds is 7. The molecule has 0 spiro atoms. The van der Waals surface area contributed by atoms with Crippen molar-refractivity contribution in [1.29, 1.82) is 0 Å². The van der Waals surface area contributed by atoms with Gasteiger partial charge in [0, 0.05) is 41.9 Å². The average Bonchev–Trinajstić information content (AvgIpc) is 3.09. The molecular weight excluding hydrogens is 362 g/mol. The minimum Gasteiger partial charge on any atom is -0.347 e. The summed E-state index contributed by atoms with van der Waals surface area (Å²) >= 11 is 5.84. The molecule has 2 aromatic carbocycles. The summed E-state index contributed by atoms with van der Waals surface area (Å²) < 4.78 is 2.32. The Morgan fingerprint density at radius 1 is 1.11 bits per heavy atom. The van der Waals surface area contributed by atoms with Crippen LogP contribution in [-0.2, 0) is 19.5 Å². The highest BCUT2D eigenvalue weighted by molar-refractivity contribution is 7.80. The van der Waals surface area contributed by atoms with Crippen molar-refractivity contribution in [3.05, 3.63) is 65.9 Å². The van der Waals surface area contributed by atoms with Crippen LogP contribution in [0.3, 0.4) is 0 Å². The Bertz CT molecular complexity index is 944. The molecule has 0 aliphatic carbocycles. The third-order valence-corrected chi connectivity index (χ3v) is 5.86. The van der Waals surface area contributed by atoms with Crippen molar-refractivity contribution in [2.45, 2.75) is 59.7 Å². The van der Waals surface area contributed by atoms with Gasteiger partial charge >= 0.3 is 0 Å².